The Bertz CT molecular complexity index is 441. The highest BCUT2D eigenvalue weighted by Gasteiger charge is 2.28. The number of aromatic nitrogens is 1. The SMILES string of the molecule is CCC(CCl)(CCl)NC(=O)c1ccc(C#N)cn1. The summed E-state index contributed by atoms with van der Waals surface area (Å²) >= 11 is 11.7. The molecule has 0 aliphatic carbocycles. The van der Waals surface area contributed by atoms with Crippen LogP contribution in [0, 0.1) is 11.3 Å². The molecule has 0 spiro atoms. The van der Waals surface area contributed by atoms with Crippen LogP contribution in [-0.4, -0.2) is 28.2 Å². The average Bonchev–Trinajstić information content (AvgIpc) is 2.45. The van der Waals surface area contributed by atoms with E-state index in [0.29, 0.717) is 12.0 Å². The third-order valence-electron chi connectivity index (χ3n) is 2.69. The lowest BCUT2D eigenvalue weighted by Gasteiger charge is -2.29. The largest absolute Gasteiger partial charge is 0.343 e. The fourth-order valence-electron chi connectivity index (χ4n) is 1.28. The molecule has 0 atom stereocenters. The number of halogens is 2. The van der Waals surface area contributed by atoms with Gasteiger partial charge in [-0.15, -0.1) is 23.2 Å². The minimum Gasteiger partial charge on any atom is -0.343 e. The Morgan fingerprint density at radius 3 is 2.56 bits per heavy atom. The Hall–Kier alpha value is -1.31. The van der Waals surface area contributed by atoms with E-state index >= 15 is 0 Å². The predicted molar refractivity (Wildman–Crippen MR) is 70.9 cm³/mol. The summed E-state index contributed by atoms with van der Waals surface area (Å²) in [6, 6.07) is 4.97. The molecule has 1 amide bonds. The molecule has 0 saturated heterocycles. The van der Waals surface area contributed by atoms with E-state index in [2.05, 4.69) is 10.3 Å². The van der Waals surface area contributed by atoms with Crippen LogP contribution in [0.3, 0.4) is 0 Å². The van der Waals surface area contributed by atoms with E-state index in [4.69, 9.17) is 28.5 Å². The van der Waals surface area contributed by atoms with Crippen molar-refractivity contribution in [1.82, 2.24) is 10.3 Å². The van der Waals surface area contributed by atoms with Crippen molar-refractivity contribution in [3.8, 4) is 6.07 Å². The van der Waals surface area contributed by atoms with Gasteiger partial charge in [0.15, 0.2) is 0 Å². The molecule has 4 nitrogen and oxygen atoms in total. The van der Waals surface area contributed by atoms with Gasteiger partial charge in [-0.1, -0.05) is 6.92 Å². The van der Waals surface area contributed by atoms with Crippen LogP contribution in [0.1, 0.15) is 29.4 Å². The summed E-state index contributed by atoms with van der Waals surface area (Å²) in [6.07, 6.45) is 1.98. The van der Waals surface area contributed by atoms with Crippen LogP contribution in [0.5, 0.6) is 0 Å². The molecule has 1 aromatic heterocycles. The molecule has 0 saturated carbocycles. The van der Waals surface area contributed by atoms with E-state index in [1.54, 1.807) is 0 Å². The van der Waals surface area contributed by atoms with Crippen LogP contribution in [0.4, 0.5) is 0 Å². The number of nitrogens with zero attached hydrogens (tertiary/aromatic N) is 2. The van der Waals surface area contributed by atoms with E-state index in [1.807, 2.05) is 13.0 Å². The number of alkyl halides is 2. The predicted octanol–water partition coefficient (Wildman–Crippen LogP) is 2.31. The molecule has 1 aromatic rings. The summed E-state index contributed by atoms with van der Waals surface area (Å²) in [5, 5.41) is 11.4. The maximum atomic E-state index is 12.0. The maximum absolute atomic E-state index is 12.0. The zero-order chi connectivity index (χ0) is 13.6. The van der Waals surface area contributed by atoms with Crippen molar-refractivity contribution in [2.45, 2.75) is 18.9 Å². The summed E-state index contributed by atoms with van der Waals surface area (Å²) in [5.41, 5.74) is 0.0144. The van der Waals surface area contributed by atoms with Gasteiger partial charge in [0, 0.05) is 18.0 Å². The third-order valence-corrected chi connectivity index (χ3v) is 3.72. The second-order valence-corrected chi connectivity index (χ2v) is 4.43. The molecular weight excluding hydrogens is 273 g/mol. The van der Waals surface area contributed by atoms with Crippen molar-refractivity contribution in [2.24, 2.45) is 0 Å². The highest BCUT2D eigenvalue weighted by atomic mass is 35.5. The highest BCUT2D eigenvalue weighted by molar-refractivity contribution is 6.22. The van der Waals surface area contributed by atoms with Crippen molar-refractivity contribution >= 4 is 29.1 Å². The summed E-state index contributed by atoms with van der Waals surface area (Å²) in [4.78, 5) is 15.9. The molecule has 0 aliphatic heterocycles. The summed E-state index contributed by atoms with van der Waals surface area (Å²) in [5.74, 6) is 0.118. The Morgan fingerprint density at radius 1 is 1.50 bits per heavy atom. The summed E-state index contributed by atoms with van der Waals surface area (Å²) in [6.45, 7) is 1.90. The van der Waals surface area contributed by atoms with Gasteiger partial charge in [0.25, 0.3) is 5.91 Å². The molecule has 6 heteroatoms. The molecule has 1 rings (SSSR count). The maximum Gasteiger partial charge on any atom is 0.270 e. The quantitative estimate of drug-likeness (QED) is 0.845. The van der Waals surface area contributed by atoms with Gasteiger partial charge >= 0.3 is 0 Å². The number of amides is 1. The lowest BCUT2D eigenvalue weighted by molar-refractivity contribution is 0.0908. The van der Waals surface area contributed by atoms with E-state index in [1.165, 1.54) is 18.3 Å². The summed E-state index contributed by atoms with van der Waals surface area (Å²) < 4.78 is 0. The first-order chi connectivity index (χ1) is 8.60. The molecule has 0 bridgehead atoms. The summed E-state index contributed by atoms with van der Waals surface area (Å²) in [7, 11) is 0. The van der Waals surface area contributed by atoms with E-state index in [9.17, 15) is 4.79 Å². The van der Waals surface area contributed by atoms with Gasteiger partial charge in [-0.05, 0) is 18.6 Å². The second kappa shape index (κ2) is 6.58. The third kappa shape index (κ3) is 3.34. The van der Waals surface area contributed by atoms with Crippen LogP contribution in [0.25, 0.3) is 0 Å². The van der Waals surface area contributed by atoms with Gasteiger partial charge in [-0.2, -0.15) is 5.26 Å². The topological polar surface area (TPSA) is 65.8 Å². The first-order valence-electron chi connectivity index (χ1n) is 5.41. The number of hydrogen-bond acceptors (Lipinski definition) is 3. The molecular formula is C12H13Cl2N3O. The first kappa shape index (κ1) is 14.7. The number of carbonyl (C=O) groups excluding carboxylic acids is 1. The van der Waals surface area contributed by atoms with Gasteiger partial charge in [-0.25, -0.2) is 4.98 Å². The van der Waals surface area contributed by atoms with Crippen molar-refractivity contribution in [1.29, 1.82) is 5.26 Å². The van der Waals surface area contributed by atoms with Gasteiger partial charge in [0.2, 0.25) is 0 Å². The number of carbonyl (C=O) groups is 1. The average molecular weight is 286 g/mol. The van der Waals surface area contributed by atoms with Crippen LogP contribution in [0.15, 0.2) is 18.3 Å². The molecule has 96 valence electrons. The number of hydrogen-bond donors (Lipinski definition) is 1. The first-order valence-corrected chi connectivity index (χ1v) is 6.48. The Kier molecular flexibility index (Phi) is 5.39. The molecule has 0 fully saturated rings. The molecule has 1 heterocycles. The van der Waals surface area contributed by atoms with Crippen LogP contribution >= 0.6 is 23.2 Å². The molecule has 0 radical (unpaired) electrons. The van der Waals surface area contributed by atoms with Crippen molar-refractivity contribution < 1.29 is 4.79 Å². The van der Waals surface area contributed by atoms with E-state index in [-0.39, 0.29) is 23.4 Å². The highest BCUT2D eigenvalue weighted by Crippen LogP contribution is 2.15. The Balaban J connectivity index is 2.84. The minimum absolute atomic E-state index is 0.231. The standard InChI is InChI=1S/C12H13Cl2N3O/c1-2-12(7-13,8-14)17-11(18)10-4-3-9(5-15)6-16-10/h3-4,6H,2,7-8H2,1H3,(H,17,18). The minimum atomic E-state index is -0.629. The van der Waals surface area contributed by atoms with Crippen molar-refractivity contribution in [3.05, 3.63) is 29.6 Å². The molecule has 1 N–H and O–H groups in total. The fourth-order valence-corrected chi connectivity index (χ4v) is 2.08. The van der Waals surface area contributed by atoms with Gasteiger partial charge in [0.05, 0.1) is 11.1 Å². The van der Waals surface area contributed by atoms with Crippen molar-refractivity contribution in [2.75, 3.05) is 11.8 Å². The smallest absolute Gasteiger partial charge is 0.270 e. The van der Waals surface area contributed by atoms with Crippen LogP contribution in [0.2, 0.25) is 0 Å². The Morgan fingerprint density at radius 2 is 2.17 bits per heavy atom. The molecule has 0 aromatic carbocycles. The number of pyridine rings is 1. The van der Waals surface area contributed by atoms with E-state index in [0.717, 1.165) is 0 Å². The van der Waals surface area contributed by atoms with Gasteiger partial charge in [-0.3, -0.25) is 4.79 Å². The Labute approximate surface area is 116 Å². The zero-order valence-corrected chi connectivity index (χ0v) is 11.4. The fraction of sp³-hybridized carbons (Fsp3) is 0.417. The molecule has 0 unspecified atom stereocenters. The second-order valence-electron chi connectivity index (χ2n) is 3.90. The zero-order valence-electron chi connectivity index (χ0n) is 9.91. The molecule has 18 heavy (non-hydrogen) atoms. The number of rotatable bonds is 5. The van der Waals surface area contributed by atoms with Crippen molar-refractivity contribution in [3.63, 3.8) is 0 Å². The van der Waals surface area contributed by atoms with E-state index < -0.39 is 5.54 Å². The lowest BCUT2D eigenvalue weighted by atomic mass is 10.0. The normalized spacial score (nSPS) is 10.8. The molecule has 0 aliphatic rings. The number of nitriles is 1. The van der Waals surface area contributed by atoms with Gasteiger partial charge < -0.3 is 5.32 Å². The van der Waals surface area contributed by atoms with Crippen LogP contribution < -0.4 is 5.32 Å². The van der Waals surface area contributed by atoms with Gasteiger partial charge in [0.1, 0.15) is 11.8 Å². The number of nitrogens with one attached hydrogen (secondary N) is 1. The lowest BCUT2D eigenvalue weighted by Crippen LogP contribution is -2.51. The van der Waals surface area contributed by atoms with Crippen LogP contribution in [-0.2, 0) is 0 Å². The monoisotopic (exact) mass is 285 g/mol.